The Bertz CT molecular complexity index is 1300. The minimum absolute atomic E-state index is 0.0967. The van der Waals surface area contributed by atoms with E-state index in [0.29, 0.717) is 46.6 Å². The number of aromatic nitrogens is 2. The average molecular weight is 392 g/mol. The molecular weight excluding hydrogens is 366 g/mol. The summed E-state index contributed by atoms with van der Waals surface area (Å²) >= 11 is 0. The molecule has 0 aliphatic rings. The lowest BCUT2D eigenvalue weighted by Crippen LogP contribution is -2.31. The molecule has 0 radical (unpaired) electrons. The van der Waals surface area contributed by atoms with E-state index >= 15 is 0 Å². The molecule has 29 heavy (non-hydrogen) atoms. The van der Waals surface area contributed by atoms with Gasteiger partial charge in [0.05, 0.1) is 18.0 Å². The van der Waals surface area contributed by atoms with Crippen molar-refractivity contribution >= 4 is 22.0 Å². The fraction of sp³-hybridized carbons (Fsp3) is 0.304. The Kier molecular flexibility index (Phi) is 4.67. The topological polar surface area (TPSA) is 73.4 Å². The Hall–Kier alpha value is -3.12. The number of imidazole rings is 1. The number of benzene rings is 2. The highest BCUT2D eigenvalue weighted by Gasteiger charge is 2.26. The lowest BCUT2D eigenvalue weighted by Gasteiger charge is -2.16. The van der Waals surface area contributed by atoms with Gasteiger partial charge in [-0.2, -0.15) is 0 Å². The summed E-state index contributed by atoms with van der Waals surface area (Å²) in [4.78, 5) is 18.9. The van der Waals surface area contributed by atoms with Gasteiger partial charge in [-0.05, 0) is 51.2 Å². The van der Waals surface area contributed by atoms with Gasteiger partial charge >= 0.3 is 0 Å². The standard InChI is InChI=1S/C23H25N3O3/c1-6-14-11-15-21(28)19(23-24-17-9-7-8-10-18(17)26(23)5)13(2)29-22(15)16(20(14)27)12-25(3)4/h7-11H,6,12H2,1-5H3,(H,27,28)/p+1. The van der Waals surface area contributed by atoms with Crippen LogP contribution in [0.5, 0.6) is 5.75 Å². The number of phenolic OH excluding ortho intramolecular Hbond substituents is 1. The number of hydrogen-bond donors (Lipinski definition) is 2. The first-order valence-corrected chi connectivity index (χ1v) is 9.76. The van der Waals surface area contributed by atoms with Crippen LogP contribution in [-0.4, -0.2) is 29.1 Å². The number of nitrogens with zero attached hydrogens (tertiary/aromatic N) is 2. The normalized spacial score (nSPS) is 11.8. The second-order valence-corrected chi connectivity index (χ2v) is 7.74. The number of fused-ring (bicyclic) bond motifs is 2. The van der Waals surface area contributed by atoms with Crippen molar-refractivity contribution < 1.29 is 14.1 Å². The molecule has 0 saturated heterocycles. The van der Waals surface area contributed by atoms with Crippen molar-refractivity contribution in [2.24, 2.45) is 7.05 Å². The Labute approximate surface area is 169 Å². The predicted octanol–water partition coefficient (Wildman–Crippen LogP) is 3.40. The zero-order valence-corrected chi connectivity index (χ0v) is 17.5. The van der Waals surface area contributed by atoms with E-state index in [9.17, 15) is 9.90 Å². The molecule has 0 fully saturated rings. The fourth-order valence-electron chi connectivity index (χ4n) is 4.00. The summed E-state index contributed by atoms with van der Waals surface area (Å²) in [6, 6.07) is 9.69. The van der Waals surface area contributed by atoms with E-state index in [1.54, 1.807) is 13.0 Å². The average Bonchev–Trinajstić information content (AvgIpc) is 3.01. The summed E-state index contributed by atoms with van der Waals surface area (Å²) in [5, 5.41) is 11.2. The highest BCUT2D eigenvalue weighted by Crippen LogP contribution is 2.33. The lowest BCUT2D eigenvalue weighted by molar-refractivity contribution is -0.633. The van der Waals surface area contributed by atoms with Crippen molar-refractivity contribution in [1.29, 1.82) is 0 Å². The van der Waals surface area contributed by atoms with Gasteiger partial charge in [0.2, 0.25) is 5.43 Å². The van der Waals surface area contributed by atoms with Crippen molar-refractivity contribution in [1.82, 2.24) is 9.88 Å². The third kappa shape index (κ3) is 3.00. The maximum absolute atomic E-state index is 13.6. The molecular formula is C23H26N3O3+. The molecule has 0 spiro atoms. The van der Waals surface area contributed by atoms with Crippen LogP contribution in [0.2, 0.25) is 0 Å². The molecule has 2 aromatic carbocycles. The second kappa shape index (κ2) is 7.04. The monoisotopic (exact) mass is 392 g/mol. The van der Waals surface area contributed by atoms with Gasteiger partial charge in [-0.15, -0.1) is 0 Å². The van der Waals surface area contributed by atoms with E-state index in [0.717, 1.165) is 16.6 Å². The summed E-state index contributed by atoms with van der Waals surface area (Å²) in [5.41, 5.74) is 4.24. The molecule has 0 unspecified atom stereocenters. The molecule has 6 nitrogen and oxygen atoms in total. The van der Waals surface area contributed by atoms with Crippen LogP contribution in [0.4, 0.5) is 0 Å². The largest absolute Gasteiger partial charge is 0.507 e. The maximum Gasteiger partial charge on any atom is 0.294 e. The van der Waals surface area contributed by atoms with Crippen molar-refractivity contribution in [3.63, 3.8) is 0 Å². The summed E-state index contributed by atoms with van der Waals surface area (Å²) < 4.78 is 8.15. The Morgan fingerprint density at radius 1 is 1.24 bits per heavy atom. The van der Waals surface area contributed by atoms with Crippen LogP contribution >= 0.6 is 0 Å². The van der Waals surface area contributed by atoms with E-state index in [1.165, 1.54) is 0 Å². The number of nitrogens with one attached hydrogen (secondary N) is 1. The molecule has 0 amide bonds. The van der Waals surface area contributed by atoms with Gasteiger partial charge in [0.15, 0.2) is 11.0 Å². The van der Waals surface area contributed by atoms with E-state index in [4.69, 9.17) is 4.42 Å². The summed E-state index contributed by atoms with van der Waals surface area (Å²) in [5.74, 6) is 1.44. The number of H-pyrrole nitrogens is 1. The molecule has 2 heterocycles. The lowest BCUT2D eigenvalue weighted by atomic mass is 10.00. The van der Waals surface area contributed by atoms with Crippen LogP contribution < -0.4 is 10.00 Å². The van der Waals surface area contributed by atoms with Crippen LogP contribution in [0.25, 0.3) is 33.4 Å². The Morgan fingerprint density at radius 2 is 1.97 bits per heavy atom. The van der Waals surface area contributed by atoms with Gasteiger partial charge in [-0.25, -0.2) is 9.55 Å². The Balaban J connectivity index is 2.08. The predicted molar refractivity (Wildman–Crippen MR) is 114 cm³/mol. The van der Waals surface area contributed by atoms with Crippen molar-refractivity contribution in [2.75, 3.05) is 14.1 Å². The van der Waals surface area contributed by atoms with Crippen molar-refractivity contribution in [3.05, 3.63) is 57.4 Å². The number of hydrogen-bond acceptors (Lipinski definition) is 4. The van der Waals surface area contributed by atoms with Crippen molar-refractivity contribution in [2.45, 2.75) is 26.8 Å². The minimum atomic E-state index is -0.0967. The highest BCUT2D eigenvalue weighted by atomic mass is 16.3. The SMILES string of the molecule is CCc1cc2c(=O)c(-c3[nH]c4ccccc4[n+]3C)c(C)oc2c(CN(C)C)c1O. The molecule has 4 aromatic rings. The van der Waals surface area contributed by atoms with E-state index in [1.807, 2.05) is 61.8 Å². The molecule has 2 aromatic heterocycles. The molecule has 0 aliphatic carbocycles. The molecule has 0 saturated carbocycles. The zero-order valence-electron chi connectivity index (χ0n) is 17.5. The highest BCUT2D eigenvalue weighted by molar-refractivity contribution is 5.87. The second-order valence-electron chi connectivity index (χ2n) is 7.74. The van der Waals surface area contributed by atoms with Crippen LogP contribution in [0, 0.1) is 6.92 Å². The van der Waals surface area contributed by atoms with Gasteiger partial charge < -0.3 is 14.4 Å². The first kappa shape index (κ1) is 19.2. The van der Waals surface area contributed by atoms with Crippen LogP contribution in [0.15, 0.2) is 39.5 Å². The first-order chi connectivity index (χ1) is 13.8. The molecule has 0 aliphatic heterocycles. The summed E-state index contributed by atoms with van der Waals surface area (Å²) in [7, 11) is 5.78. The molecule has 2 N–H and O–H groups in total. The Morgan fingerprint density at radius 3 is 2.62 bits per heavy atom. The smallest absolute Gasteiger partial charge is 0.294 e. The van der Waals surface area contributed by atoms with Crippen LogP contribution in [0.3, 0.4) is 0 Å². The maximum atomic E-state index is 13.6. The molecule has 0 atom stereocenters. The molecule has 0 bridgehead atoms. The number of aromatic hydroxyl groups is 1. The molecule has 6 heteroatoms. The molecule has 4 rings (SSSR count). The van der Waals surface area contributed by atoms with E-state index in [2.05, 4.69) is 4.98 Å². The number of phenols is 1. The van der Waals surface area contributed by atoms with Crippen LogP contribution in [0.1, 0.15) is 23.8 Å². The molecule has 150 valence electrons. The third-order valence-electron chi connectivity index (χ3n) is 5.45. The number of rotatable bonds is 4. The van der Waals surface area contributed by atoms with E-state index in [-0.39, 0.29) is 11.2 Å². The summed E-state index contributed by atoms with van der Waals surface area (Å²) in [6.07, 6.45) is 0.630. The van der Waals surface area contributed by atoms with Gasteiger partial charge in [-0.3, -0.25) is 4.79 Å². The quantitative estimate of drug-likeness (QED) is 0.522. The van der Waals surface area contributed by atoms with Crippen molar-refractivity contribution in [3.8, 4) is 17.1 Å². The summed E-state index contributed by atoms with van der Waals surface area (Å²) in [6.45, 7) is 4.25. The van der Waals surface area contributed by atoms with Gasteiger partial charge in [0, 0.05) is 6.54 Å². The number of aromatic amines is 1. The van der Waals surface area contributed by atoms with Gasteiger partial charge in [0.25, 0.3) is 5.82 Å². The zero-order chi connectivity index (χ0) is 20.9. The van der Waals surface area contributed by atoms with E-state index < -0.39 is 0 Å². The third-order valence-corrected chi connectivity index (χ3v) is 5.45. The van der Waals surface area contributed by atoms with Gasteiger partial charge in [0.1, 0.15) is 22.7 Å². The fourth-order valence-corrected chi connectivity index (χ4v) is 4.00. The number of para-hydroxylation sites is 2. The minimum Gasteiger partial charge on any atom is -0.507 e. The number of aryl methyl sites for hydroxylation is 3. The van der Waals surface area contributed by atoms with Gasteiger partial charge in [-0.1, -0.05) is 19.1 Å². The van der Waals surface area contributed by atoms with Crippen LogP contribution in [-0.2, 0) is 20.0 Å². The first-order valence-electron chi connectivity index (χ1n) is 9.76.